The Bertz CT molecular complexity index is 703. The lowest BCUT2D eigenvalue weighted by Gasteiger charge is -2.07. The van der Waals surface area contributed by atoms with Gasteiger partial charge >= 0.3 is 0 Å². The molecule has 2 N–H and O–H groups in total. The molecular formula is C14H14N4O. The smallest absolute Gasteiger partial charge is 0.265 e. The summed E-state index contributed by atoms with van der Waals surface area (Å²) in [6, 6.07) is 7.90. The van der Waals surface area contributed by atoms with Crippen molar-refractivity contribution < 1.29 is 4.74 Å². The van der Waals surface area contributed by atoms with Gasteiger partial charge in [0.05, 0.1) is 6.20 Å². The van der Waals surface area contributed by atoms with Gasteiger partial charge in [0, 0.05) is 12.4 Å². The molecule has 0 aliphatic heterocycles. The molecule has 0 spiro atoms. The van der Waals surface area contributed by atoms with Gasteiger partial charge in [-0.15, -0.1) is 0 Å². The lowest BCUT2D eigenvalue weighted by atomic mass is 10.2. The average Bonchev–Trinajstić information content (AvgIpc) is 2.88. The number of nitrogens with zero attached hydrogens (tertiary/aromatic N) is 3. The Kier molecular flexibility index (Phi) is 2.79. The van der Waals surface area contributed by atoms with Crippen molar-refractivity contribution in [3.05, 3.63) is 48.4 Å². The number of rotatable bonds is 3. The van der Waals surface area contributed by atoms with Crippen LogP contribution in [0.3, 0.4) is 0 Å². The molecule has 0 fully saturated rings. The number of hydrogen-bond donors (Lipinski definition) is 1. The highest BCUT2D eigenvalue weighted by Gasteiger charge is 2.08. The number of anilines is 1. The summed E-state index contributed by atoms with van der Waals surface area (Å²) in [4.78, 5) is 8.39. The van der Waals surface area contributed by atoms with Crippen molar-refractivity contribution in [3.8, 4) is 11.6 Å². The topological polar surface area (TPSA) is 65.4 Å². The zero-order valence-corrected chi connectivity index (χ0v) is 10.6. The van der Waals surface area contributed by atoms with E-state index < -0.39 is 0 Å². The minimum Gasteiger partial charge on any atom is -0.436 e. The van der Waals surface area contributed by atoms with Crippen LogP contribution < -0.4 is 10.5 Å². The second-order valence-corrected chi connectivity index (χ2v) is 4.23. The second kappa shape index (κ2) is 4.61. The Morgan fingerprint density at radius 2 is 2.05 bits per heavy atom. The number of fused-ring (bicyclic) bond motifs is 1. The van der Waals surface area contributed by atoms with Crippen LogP contribution in [0.1, 0.15) is 12.5 Å². The van der Waals surface area contributed by atoms with Crippen molar-refractivity contribution in [2.75, 3.05) is 5.73 Å². The fourth-order valence-electron chi connectivity index (χ4n) is 1.89. The third kappa shape index (κ3) is 2.22. The van der Waals surface area contributed by atoms with Crippen LogP contribution in [0.15, 0.2) is 42.9 Å². The van der Waals surface area contributed by atoms with Gasteiger partial charge < -0.3 is 10.5 Å². The van der Waals surface area contributed by atoms with E-state index in [1.165, 1.54) is 5.56 Å². The van der Waals surface area contributed by atoms with E-state index >= 15 is 0 Å². The van der Waals surface area contributed by atoms with Gasteiger partial charge in [0.2, 0.25) is 5.65 Å². The molecule has 0 saturated carbocycles. The molecule has 0 atom stereocenters. The SMILES string of the molecule is CCc1ccc(Oc2nc(N)cn3ccnc23)cc1. The second-order valence-electron chi connectivity index (χ2n) is 4.23. The van der Waals surface area contributed by atoms with Crippen molar-refractivity contribution in [1.29, 1.82) is 0 Å². The number of nitrogens with two attached hydrogens (primary N) is 1. The number of aromatic nitrogens is 3. The number of hydrogen-bond acceptors (Lipinski definition) is 4. The Morgan fingerprint density at radius 1 is 1.26 bits per heavy atom. The first-order chi connectivity index (χ1) is 9.26. The van der Waals surface area contributed by atoms with Gasteiger partial charge in [-0.3, -0.25) is 4.40 Å². The van der Waals surface area contributed by atoms with Gasteiger partial charge in [-0.25, -0.2) is 4.98 Å². The summed E-state index contributed by atoms with van der Waals surface area (Å²) in [5.74, 6) is 1.53. The minimum atomic E-state index is 0.394. The molecule has 0 bridgehead atoms. The predicted octanol–water partition coefficient (Wildman–Crippen LogP) is 2.67. The van der Waals surface area contributed by atoms with Crippen LogP contribution in [-0.4, -0.2) is 14.4 Å². The molecule has 96 valence electrons. The van der Waals surface area contributed by atoms with E-state index in [9.17, 15) is 0 Å². The highest BCUT2D eigenvalue weighted by molar-refractivity contribution is 5.54. The maximum atomic E-state index is 5.76. The predicted molar refractivity (Wildman–Crippen MR) is 73.3 cm³/mol. The van der Waals surface area contributed by atoms with Gasteiger partial charge in [-0.2, -0.15) is 4.98 Å². The van der Waals surface area contributed by atoms with Crippen LogP contribution in [0.25, 0.3) is 5.65 Å². The molecule has 3 aromatic rings. The van der Waals surface area contributed by atoms with Gasteiger partial charge in [-0.05, 0) is 24.1 Å². The molecule has 2 aromatic heterocycles. The van der Waals surface area contributed by atoms with E-state index in [0.29, 0.717) is 17.3 Å². The number of aryl methyl sites for hydroxylation is 1. The fourth-order valence-corrected chi connectivity index (χ4v) is 1.89. The maximum Gasteiger partial charge on any atom is 0.265 e. The van der Waals surface area contributed by atoms with Crippen LogP contribution in [0.4, 0.5) is 5.82 Å². The quantitative estimate of drug-likeness (QED) is 0.780. The summed E-state index contributed by atoms with van der Waals surface area (Å²) in [5.41, 5.74) is 7.65. The first-order valence-electron chi connectivity index (χ1n) is 6.12. The van der Waals surface area contributed by atoms with Crippen LogP contribution in [0, 0.1) is 0 Å². The highest BCUT2D eigenvalue weighted by atomic mass is 16.5. The Balaban J connectivity index is 1.97. The Morgan fingerprint density at radius 3 is 2.79 bits per heavy atom. The summed E-state index contributed by atoms with van der Waals surface area (Å²) >= 11 is 0. The zero-order chi connectivity index (χ0) is 13.2. The average molecular weight is 254 g/mol. The molecule has 0 aliphatic carbocycles. The van der Waals surface area contributed by atoms with Gasteiger partial charge in [-0.1, -0.05) is 19.1 Å². The first kappa shape index (κ1) is 11.5. The molecule has 0 amide bonds. The molecule has 0 aliphatic rings. The number of imidazole rings is 1. The Hall–Kier alpha value is -2.56. The van der Waals surface area contributed by atoms with E-state index in [0.717, 1.165) is 12.2 Å². The molecule has 0 radical (unpaired) electrons. The van der Waals surface area contributed by atoms with Crippen LogP contribution in [-0.2, 0) is 6.42 Å². The van der Waals surface area contributed by atoms with E-state index in [1.54, 1.807) is 23.0 Å². The molecule has 3 rings (SSSR count). The molecular weight excluding hydrogens is 240 g/mol. The summed E-state index contributed by atoms with van der Waals surface area (Å²) in [6.45, 7) is 2.11. The summed E-state index contributed by atoms with van der Waals surface area (Å²) in [7, 11) is 0. The van der Waals surface area contributed by atoms with Crippen LogP contribution >= 0.6 is 0 Å². The van der Waals surface area contributed by atoms with E-state index in [2.05, 4.69) is 16.9 Å². The van der Waals surface area contributed by atoms with E-state index in [1.807, 2.05) is 24.3 Å². The molecule has 2 heterocycles. The summed E-state index contributed by atoms with van der Waals surface area (Å²) in [6.07, 6.45) is 6.20. The van der Waals surface area contributed by atoms with E-state index in [-0.39, 0.29) is 0 Å². The third-order valence-electron chi connectivity index (χ3n) is 2.91. The van der Waals surface area contributed by atoms with Crippen LogP contribution in [0.5, 0.6) is 11.6 Å². The van der Waals surface area contributed by atoms with Gasteiger partial charge in [0.1, 0.15) is 11.6 Å². The highest BCUT2D eigenvalue weighted by Crippen LogP contribution is 2.24. The summed E-state index contributed by atoms with van der Waals surface area (Å²) < 4.78 is 7.55. The van der Waals surface area contributed by atoms with Crippen molar-refractivity contribution in [3.63, 3.8) is 0 Å². The van der Waals surface area contributed by atoms with Crippen LogP contribution in [0.2, 0.25) is 0 Å². The normalized spacial score (nSPS) is 10.8. The standard InChI is InChI=1S/C14H14N4O/c1-2-10-3-5-11(6-4-10)19-14-13-16-7-8-18(13)9-12(15)17-14/h3-9H,2,15H2,1H3. The molecule has 1 aromatic carbocycles. The van der Waals surface area contributed by atoms with Crippen molar-refractivity contribution in [2.24, 2.45) is 0 Å². The summed E-state index contributed by atoms with van der Waals surface area (Å²) in [5, 5.41) is 0. The first-order valence-corrected chi connectivity index (χ1v) is 6.12. The third-order valence-corrected chi connectivity index (χ3v) is 2.91. The largest absolute Gasteiger partial charge is 0.436 e. The number of ether oxygens (including phenoxy) is 1. The van der Waals surface area contributed by atoms with Crippen molar-refractivity contribution in [2.45, 2.75) is 13.3 Å². The monoisotopic (exact) mass is 254 g/mol. The lowest BCUT2D eigenvalue weighted by Crippen LogP contribution is -1.99. The van der Waals surface area contributed by atoms with Crippen molar-refractivity contribution in [1.82, 2.24) is 14.4 Å². The molecule has 5 heteroatoms. The van der Waals surface area contributed by atoms with Gasteiger partial charge in [0.25, 0.3) is 5.88 Å². The molecule has 0 unspecified atom stereocenters. The minimum absolute atomic E-state index is 0.394. The molecule has 0 saturated heterocycles. The maximum absolute atomic E-state index is 5.76. The van der Waals surface area contributed by atoms with Gasteiger partial charge in [0.15, 0.2) is 0 Å². The van der Waals surface area contributed by atoms with Crippen molar-refractivity contribution >= 4 is 11.5 Å². The lowest BCUT2D eigenvalue weighted by molar-refractivity contribution is 0.466. The number of benzene rings is 1. The van der Waals surface area contributed by atoms with E-state index in [4.69, 9.17) is 10.5 Å². The zero-order valence-electron chi connectivity index (χ0n) is 10.6. The fraction of sp³-hybridized carbons (Fsp3) is 0.143. The molecule has 5 nitrogen and oxygen atoms in total. The number of nitrogen functional groups attached to an aromatic ring is 1. The molecule has 19 heavy (non-hydrogen) atoms. The Labute approximate surface area is 110 Å².